The Kier molecular flexibility index (Phi) is 5.85. The lowest BCUT2D eigenvalue weighted by molar-refractivity contribution is -0.385. The molecule has 0 saturated heterocycles. The fraction of sp³-hybridized carbons (Fsp3) is 0.190. The third kappa shape index (κ3) is 3.88. The number of hydrogen-bond acceptors (Lipinski definition) is 6. The van der Waals surface area contributed by atoms with Gasteiger partial charge in [0.1, 0.15) is 6.07 Å². The van der Waals surface area contributed by atoms with E-state index in [4.69, 9.17) is 16.9 Å². The Balaban J connectivity index is 2.02. The second-order valence-corrected chi connectivity index (χ2v) is 7.01. The molecule has 0 bridgehead atoms. The lowest BCUT2D eigenvalue weighted by atomic mass is 10.0. The Morgan fingerprint density at radius 2 is 2.03 bits per heavy atom. The number of methoxy groups -OCH3 is 1. The van der Waals surface area contributed by atoms with Crippen molar-refractivity contribution in [1.82, 2.24) is 9.78 Å². The summed E-state index contributed by atoms with van der Waals surface area (Å²) in [6, 6.07) is 11.4. The van der Waals surface area contributed by atoms with Crippen LogP contribution in [0.1, 0.15) is 32.9 Å². The van der Waals surface area contributed by atoms with E-state index in [2.05, 4.69) is 9.84 Å². The molecule has 3 aromatic rings. The van der Waals surface area contributed by atoms with Crippen LogP contribution in [0.4, 0.5) is 5.69 Å². The number of rotatable bonds is 5. The number of benzene rings is 2. The number of nitrogens with zero attached hydrogens (tertiary/aromatic N) is 4. The molecular formula is C21H17ClN4O4. The van der Waals surface area contributed by atoms with Crippen molar-refractivity contribution in [3.63, 3.8) is 0 Å². The number of esters is 1. The normalized spacial score (nSPS) is 10.5. The van der Waals surface area contributed by atoms with Gasteiger partial charge in [-0.1, -0.05) is 17.7 Å². The van der Waals surface area contributed by atoms with Gasteiger partial charge < -0.3 is 4.74 Å². The van der Waals surface area contributed by atoms with Gasteiger partial charge in [-0.15, -0.1) is 0 Å². The van der Waals surface area contributed by atoms with Crippen LogP contribution in [-0.2, 0) is 11.3 Å². The van der Waals surface area contributed by atoms with E-state index in [0.29, 0.717) is 16.1 Å². The van der Waals surface area contributed by atoms with E-state index in [9.17, 15) is 14.9 Å². The van der Waals surface area contributed by atoms with Crippen molar-refractivity contribution in [3.8, 4) is 17.2 Å². The number of hydrogen-bond donors (Lipinski definition) is 0. The van der Waals surface area contributed by atoms with Gasteiger partial charge in [0.15, 0.2) is 0 Å². The van der Waals surface area contributed by atoms with Crippen LogP contribution < -0.4 is 0 Å². The third-order valence-electron chi connectivity index (χ3n) is 4.78. The molecule has 0 atom stereocenters. The molecule has 2 aromatic carbocycles. The molecule has 1 heterocycles. The van der Waals surface area contributed by atoms with E-state index < -0.39 is 10.9 Å². The molecule has 152 valence electrons. The van der Waals surface area contributed by atoms with Gasteiger partial charge in [-0.3, -0.25) is 14.8 Å². The Morgan fingerprint density at radius 3 is 2.63 bits per heavy atom. The molecule has 0 radical (unpaired) electrons. The van der Waals surface area contributed by atoms with Crippen molar-refractivity contribution < 1.29 is 14.5 Å². The van der Waals surface area contributed by atoms with E-state index in [0.717, 1.165) is 22.5 Å². The Bertz CT molecular complexity index is 1210. The number of carbonyl (C=O) groups excluding carboxylic acids is 1. The van der Waals surface area contributed by atoms with Crippen molar-refractivity contribution in [2.24, 2.45) is 0 Å². The molecule has 8 nitrogen and oxygen atoms in total. The molecule has 9 heteroatoms. The fourth-order valence-electron chi connectivity index (χ4n) is 3.30. The first-order valence-electron chi connectivity index (χ1n) is 8.86. The van der Waals surface area contributed by atoms with Crippen LogP contribution >= 0.6 is 11.6 Å². The maximum Gasteiger partial charge on any atom is 0.338 e. The SMILES string of the molecule is COC(=O)c1ccc(Cn2nc(C)c(-c3ccc(C#N)c(Cl)c3)c2C)c([N+](=O)[O-])c1. The van der Waals surface area contributed by atoms with Crippen molar-refractivity contribution in [2.75, 3.05) is 7.11 Å². The van der Waals surface area contributed by atoms with Gasteiger partial charge in [0, 0.05) is 17.3 Å². The molecule has 0 saturated carbocycles. The van der Waals surface area contributed by atoms with Crippen LogP contribution in [0.15, 0.2) is 36.4 Å². The van der Waals surface area contributed by atoms with Gasteiger partial charge in [0.2, 0.25) is 0 Å². The van der Waals surface area contributed by atoms with Gasteiger partial charge in [-0.25, -0.2) is 4.79 Å². The minimum Gasteiger partial charge on any atom is -0.465 e. The van der Waals surface area contributed by atoms with E-state index >= 15 is 0 Å². The van der Waals surface area contributed by atoms with E-state index in [1.54, 1.807) is 22.9 Å². The summed E-state index contributed by atoms with van der Waals surface area (Å²) in [4.78, 5) is 22.7. The summed E-state index contributed by atoms with van der Waals surface area (Å²) >= 11 is 6.17. The molecular weight excluding hydrogens is 408 g/mol. The zero-order chi connectivity index (χ0) is 22.0. The van der Waals surface area contributed by atoms with Crippen LogP contribution in [0.25, 0.3) is 11.1 Å². The molecule has 3 rings (SSSR count). The van der Waals surface area contributed by atoms with Crippen molar-refractivity contribution >= 4 is 23.3 Å². The first-order valence-corrected chi connectivity index (χ1v) is 9.24. The lowest BCUT2D eigenvalue weighted by Gasteiger charge is -2.08. The smallest absolute Gasteiger partial charge is 0.338 e. The van der Waals surface area contributed by atoms with Crippen LogP contribution in [-0.4, -0.2) is 27.8 Å². The summed E-state index contributed by atoms with van der Waals surface area (Å²) in [6.07, 6.45) is 0. The Labute approximate surface area is 177 Å². The molecule has 0 spiro atoms. The number of nitro benzene ring substituents is 1. The molecule has 0 aliphatic heterocycles. The standard InChI is InChI=1S/C21H17ClN4O4/c1-12-20(14-4-6-16(10-23)18(22)8-14)13(2)25(24-12)11-17-7-5-15(21(27)30-3)9-19(17)26(28)29/h4-9H,11H2,1-3H3. The Morgan fingerprint density at radius 1 is 1.30 bits per heavy atom. The highest BCUT2D eigenvalue weighted by Crippen LogP contribution is 2.31. The number of nitro groups is 1. The van der Waals surface area contributed by atoms with Gasteiger partial charge in [0.05, 0.1) is 46.0 Å². The highest BCUT2D eigenvalue weighted by Gasteiger charge is 2.21. The first kappa shape index (κ1) is 21.0. The molecule has 0 amide bonds. The zero-order valence-electron chi connectivity index (χ0n) is 16.5. The van der Waals surface area contributed by atoms with Crippen LogP contribution in [0.5, 0.6) is 0 Å². The molecule has 0 fully saturated rings. The number of aromatic nitrogens is 2. The number of aryl methyl sites for hydroxylation is 1. The highest BCUT2D eigenvalue weighted by atomic mass is 35.5. The molecule has 1 aromatic heterocycles. The van der Waals surface area contributed by atoms with Crippen molar-refractivity contribution in [3.05, 3.63) is 79.6 Å². The maximum atomic E-state index is 11.7. The number of carbonyl (C=O) groups is 1. The summed E-state index contributed by atoms with van der Waals surface area (Å²) in [6.45, 7) is 3.84. The number of ether oxygens (including phenoxy) is 1. The van der Waals surface area contributed by atoms with Crippen molar-refractivity contribution in [1.29, 1.82) is 5.26 Å². The minimum absolute atomic E-state index is 0.106. The predicted molar refractivity (Wildman–Crippen MR) is 110 cm³/mol. The molecule has 30 heavy (non-hydrogen) atoms. The molecule has 0 unspecified atom stereocenters. The van der Waals surface area contributed by atoms with Gasteiger partial charge in [0.25, 0.3) is 5.69 Å². The zero-order valence-corrected chi connectivity index (χ0v) is 17.2. The third-order valence-corrected chi connectivity index (χ3v) is 5.10. The Hall–Kier alpha value is -3.70. The molecule has 0 aliphatic rings. The van der Waals surface area contributed by atoms with Gasteiger partial charge in [-0.2, -0.15) is 10.4 Å². The lowest BCUT2D eigenvalue weighted by Crippen LogP contribution is -2.08. The largest absolute Gasteiger partial charge is 0.465 e. The molecule has 0 N–H and O–H groups in total. The van der Waals surface area contributed by atoms with Crippen molar-refractivity contribution in [2.45, 2.75) is 20.4 Å². The van der Waals surface area contributed by atoms with E-state index in [1.165, 1.54) is 25.3 Å². The van der Waals surface area contributed by atoms with E-state index in [-0.39, 0.29) is 17.8 Å². The summed E-state index contributed by atoms with van der Waals surface area (Å²) in [5.74, 6) is -0.643. The van der Waals surface area contributed by atoms with Gasteiger partial charge >= 0.3 is 5.97 Å². The topological polar surface area (TPSA) is 111 Å². The van der Waals surface area contributed by atoms with Gasteiger partial charge in [-0.05, 0) is 43.7 Å². The fourth-order valence-corrected chi connectivity index (χ4v) is 3.53. The maximum absolute atomic E-state index is 11.7. The summed E-state index contributed by atoms with van der Waals surface area (Å²) < 4.78 is 6.30. The average Bonchev–Trinajstić information content (AvgIpc) is 3.00. The highest BCUT2D eigenvalue weighted by molar-refractivity contribution is 6.32. The van der Waals surface area contributed by atoms with E-state index in [1.807, 2.05) is 19.9 Å². The quantitative estimate of drug-likeness (QED) is 0.340. The summed E-state index contributed by atoms with van der Waals surface area (Å²) in [5, 5.41) is 25.5. The number of halogens is 1. The summed E-state index contributed by atoms with van der Waals surface area (Å²) in [7, 11) is 1.22. The van der Waals surface area contributed by atoms with Crippen LogP contribution in [0.3, 0.4) is 0 Å². The second kappa shape index (κ2) is 8.35. The average molecular weight is 425 g/mol. The molecule has 0 aliphatic carbocycles. The van der Waals surface area contributed by atoms with Crippen LogP contribution in [0, 0.1) is 35.3 Å². The predicted octanol–water partition coefficient (Wildman–Crippen LogP) is 4.44. The first-order chi connectivity index (χ1) is 14.3. The van der Waals surface area contributed by atoms with Crippen LogP contribution in [0.2, 0.25) is 5.02 Å². The summed E-state index contributed by atoms with van der Waals surface area (Å²) in [5.41, 5.74) is 3.86. The monoisotopic (exact) mass is 424 g/mol. The minimum atomic E-state index is -0.643. The second-order valence-electron chi connectivity index (χ2n) is 6.60. The number of nitriles is 1.